The maximum Gasteiger partial charge on any atom is 0.0276 e. The van der Waals surface area contributed by atoms with Gasteiger partial charge in [0.2, 0.25) is 0 Å². The zero-order valence-electron chi connectivity index (χ0n) is 8.66. The van der Waals surface area contributed by atoms with Crippen LogP contribution < -0.4 is 11.3 Å². The number of benzene rings is 1. The van der Waals surface area contributed by atoms with Crippen LogP contribution >= 0.6 is 0 Å². The molecule has 1 aliphatic rings. The van der Waals surface area contributed by atoms with E-state index in [9.17, 15) is 0 Å². The molecule has 1 aromatic carbocycles. The molecule has 76 valence electrons. The Morgan fingerprint density at radius 1 is 1.50 bits per heavy atom. The van der Waals surface area contributed by atoms with Gasteiger partial charge in [0.25, 0.3) is 0 Å². The van der Waals surface area contributed by atoms with E-state index in [1.54, 1.807) is 0 Å². The molecule has 1 aromatic rings. The molecule has 0 amide bonds. The lowest BCUT2D eigenvalue weighted by atomic mass is 9.92. The van der Waals surface area contributed by atoms with E-state index in [1.807, 2.05) is 0 Å². The second-order valence-electron chi connectivity index (χ2n) is 4.03. The second kappa shape index (κ2) is 4.11. The van der Waals surface area contributed by atoms with E-state index >= 15 is 0 Å². The number of aryl methyl sites for hydroxylation is 1. The zero-order chi connectivity index (χ0) is 9.97. The van der Waals surface area contributed by atoms with Gasteiger partial charge in [0.1, 0.15) is 0 Å². The molecule has 0 spiro atoms. The van der Waals surface area contributed by atoms with E-state index in [2.05, 4.69) is 36.6 Å². The highest BCUT2D eigenvalue weighted by molar-refractivity contribution is 5.35. The molecule has 0 fully saturated rings. The number of hydrogen-bond donors (Lipinski definition) is 2. The van der Waals surface area contributed by atoms with Crippen LogP contribution in [0.5, 0.6) is 0 Å². The predicted molar refractivity (Wildman–Crippen MR) is 58.9 cm³/mol. The Morgan fingerprint density at radius 2 is 2.29 bits per heavy atom. The number of nitrogens with two attached hydrogens (primary N) is 1. The molecular weight excluding hydrogens is 172 g/mol. The quantitative estimate of drug-likeness (QED) is 0.565. The van der Waals surface area contributed by atoms with Gasteiger partial charge < -0.3 is 0 Å². The Bertz CT molecular complexity index is 305. The molecule has 0 aliphatic heterocycles. The van der Waals surface area contributed by atoms with Crippen LogP contribution in [-0.4, -0.2) is 6.04 Å². The summed E-state index contributed by atoms with van der Waals surface area (Å²) in [6.07, 6.45) is 3.54. The first kappa shape index (κ1) is 9.69. The summed E-state index contributed by atoms with van der Waals surface area (Å²) >= 11 is 0. The molecular formula is C12H18N2. The number of rotatable bonds is 3. The number of hydrogen-bond acceptors (Lipinski definition) is 2. The molecule has 1 aliphatic carbocycles. The molecule has 2 unspecified atom stereocenters. The topological polar surface area (TPSA) is 38.0 Å². The molecule has 2 heteroatoms. The zero-order valence-corrected chi connectivity index (χ0v) is 8.66. The van der Waals surface area contributed by atoms with Crippen molar-refractivity contribution in [2.45, 2.75) is 38.1 Å². The lowest BCUT2D eigenvalue weighted by Gasteiger charge is -2.22. The summed E-state index contributed by atoms with van der Waals surface area (Å²) < 4.78 is 0. The number of nitrogens with one attached hydrogen (secondary N) is 1. The minimum absolute atomic E-state index is 0.429. The van der Waals surface area contributed by atoms with Gasteiger partial charge in [-0.05, 0) is 30.4 Å². The fourth-order valence-corrected chi connectivity index (χ4v) is 2.53. The molecule has 0 saturated carbocycles. The molecule has 0 bridgehead atoms. The van der Waals surface area contributed by atoms with Gasteiger partial charge in [0.15, 0.2) is 0 Å². The highest BCUT2D eigenvalue weighted by Crippen LogP contribution is 2.35. The summed E-state index contributed by atoms with van der Waals surface area (Å²) in [4.78, 5) is 0. The van der Waals surface area contributed by atoms with Crippen LogP contribution in [0.4, 0.5) is 0 Å². The second-order valence-corrected chi connectivity index (χ2v) is 4.03. The molecule has 3 N–H and O–H groups in total. The predicted octanol–water partition coefficient (Wildman–Crippen LogP) is 1.96. The number of fused-ring (bicyclic) bond motifs is 1. The first-order valence-electron chi connectivity index (χ1n) is 5.40. The van der Waals surface area contributed by atoms with Gasteiger partial charge in [0.05, 0.1) is 0 Å². The van der Waals surface area contributed by atoms with E-state index in [4.69, 9.17) is 5.84 Å². The summed E-state index contributed by atoms with van der Waals surface area (Å²) in [6, 6.07) is 9.16. The maximum atomic E-state index is 5.57. The van der Waals surface area contributed by atoms with Gasteiger partial charge in [-0.1, -0.05) is 31.2 Å². The summed E-state index contributed by atoms with van der Waals surface area (Å²) in [6.45, 7) is 2.19. The number of hydrazine groups is 1. The van der Waals surface area contributed by atoms with Crippen molar-refractivity contribution < 1.29 is 0 Å². The monoisotopic (exact) mass is 190 g/mol. The summed E-state index contributed by atoms with van der Waals surface area (Å²) in [5.74, 6) is 6.18. The minimum Gasteiger partial charge on any atom is -0.271 e. The Hall–Kier alpha value is -0.860. The maximum absolute atomic E-state index is 5.57. The van der Waals surface area contributed by atoms with Gasteiger partial charge in [-0.3, -0.25) is 11.3 Å². The molecule has 0 heterocycles. The molecule has 0 saturated heterocycles. The fraction of sp³-hybridized carbons (Fsp3) is 0.500. The summed E-state index contributed by atoms with van der Waals surface area (Å²) in [5.41, 5.74) is 5.94. The van der Waals surface area contributed by atoms with Crippen molar-refractivity contribution in [1.82, 2.24) is 5.43 Å². The normalized spacial score (nSPS) is 22.0. The average Bonchev–Trinajstić information content (AvgIpc) is 2.65. The van der Waals surface area contributed by atoms with Crippen molar-refractivity contribution in [2.75, 3.05) is 0 Å². The van der Waals surface area contributed by atoms with Crippen LogP contribution in [0.3, 0.4) is 0 Å². The van der Waals surface area contributed by atoms with Crippen molar-refractivity contribution in [3.8, 4) is 0 Å². The smallest absolute Gasteiger partial charge is 0.0276 e. The third kappa shape index (κ3) is 1.56. The van der Waals surface area contributed by atoms with Crippen molar-refractivity contribution in [1.29, 1.82) is 0 Å². The molecule has 14 heavy (non-hydrogen) atoms. The standard InChI is InChI=1S/C12H18N2/c1-2-12(14-13)11-8-7-9-5-3-4-6-10(9)11/h3-6,11-12,14H,2,7-8,13H2,1H3. The van der Waals surface area contributed by atoms with E-state index in [0.717, 1.165) is 6.42 Å². The van der Waals surface area contributed by atoms with Gasteiger partial charge in [-0.25, -0.2) is 0 Å². The third-order valence-electron chi connectivity index (χ3n) is 3.32. The molecule has 2 rings (SSSR count). The van der Waals surface area contributed by atoms with Crippen LogP contribution in [0.25, 0.3) is 0 Å². The van der Waals surface area contributed by atoms with E-state index in [0.29, 0.717) is 12.0 Å². The van der Waals surface area contributed by atoms with Crippen LogP contribution in [0, 0.1) is 0 Å². The Morgan fingerprint density at radius 3 is 3.00 bits per heavy atom. The van der Waals surface area contributed by atoms with Gasteiger partial charge in [-0.2, -0.15) is 0 Å². The van der Waals surface area contributed by atoms with Gasteiger partial charge >= 0.3 is 0 Å². The SMILES string of the molecule is CCC(NN)C1CCc2ccccc21. The van der Waals surface area contributed by atoms with Gasteiger partial charge in [-0.15, -0.1) is 0 Å². The van der Waals surface area contributed by atoms with Crippen LogP contribution in [0.1, 0.15) is 36.8 Å². The lowest BCUT2D eigenvalue weighted by Crippen LogP contribution is -2.38. The summed E-state index contributed by atoms with van der Waals surface area (Å²) in [5, 5.41) is 0. The largest absolute Gasteiger partial charge is 0.271 e. The highest BCUT2D eigenvalue weighted by atomic mass is 15.2. The molecule has 0 radical (unpaired) electrons. The van der Waals surface area contributed by atoms with Crippen molar-refractivity contribution in [2.24, 2.45) is 5.84 Å². The van der Waals surface area contributed by atoms with Crippen LogP contribution in [0.2, 0.25) is 0 Å². The van der Waals surface area contributed by atoms with Crippen LogP contribution in [0.15, 0.2) is 24.3 Å². The minimum atomic E-state index is 0.429. The first-order valence-corrected chi connectivity index (χ1v) is 5.40. The fourth-order valence-electron chi connectivity index (χ4n) is 2.53. The van der Waals surface area contributed by atoms with Crippen molar-refractivity contribution in [3.05, 3.63) is 35.4 Å². The van der Waals surface area contributed by atoms with E-state index < -0.39 is 0 Å². The van der Waals surface area contributed by atoms with Crippen molar-refractivity contribution >= 4 is 0 Å². The van der Waals surface area contributed by atoms with E-state index in [-0.39, 0.29) is 0 Å². The third-order valence-corrected chi connectivity index (χ3v) is 3.32. The Balaban J connectivity index is 2.25. The summed E-state index contributed by atoms with van der Waals surface area (Å²) in [7, 11) is 0. The van der Waals surface area contributed by atoms with Crippen LogP contribution in [-0.2, 0) is 6.42 Å². The molecule has 2 atom stereocenters. The first-order chi connectivity index (χ1) is 6.86. The van der Waals surface area contributed by atoms with Gasteiger partial charge in [0, 0.05) is 12.0 Å². The van der Waals surface area contributed by atoms with Crippen molar-refractivity contribution in [3.63, 3.8) is 0 Å². The molecule has 0 aromatic heterocycles. The van der Waals surface area contributed by atoms with E-state index in [1.165, 1.54) is 24.0 Å². The Kier molecular flexibility index (Phi) is 2.85. The Labute approximate surface area is 85.5 Å². The lowest BCUT2D eigenvalue weighted by molar-refractivity contribution is 0.426. The average molecular weight is 190 g/mol. The highest BCUT2D eigenvalue weighted by Gasteiger charge is 2.27. The molecule has 2 nitrogen and oxygen atoms in total.